The number of hydrogen-bond donors (Lipinski definition) is 0. The number of para-hydroxylation sites is 1. The molecule has 0 aromatic heterocycles. The van der Waals surface area contributed by atoms with Crippen molar-refractivity contribution in [2.24, 2.45) is 0 Å². The van der Waals surface area contributed by atoms with Gasteiger partial charge in [0.1, 0.15) is 11.4 Å². The van der Waals surface area contributed by atoms with Crippen LogP contribution in [0.15, 0.2) is 24.3 Å². The summed E-state index contributed by atoms with van der Waals surface area (Å²) in [4.78, 5) is 10.6. The normalized spacial score (nSPS) is 10.2. The van der Waals surface area contributed by atoms with Crippen LogP contribution in [0.2, 0.25) is 0 Å². The van der Waals surface area contributed by atoms with Crippen molar-refractivity contribution in [2.75, 3.05) is 0 Å². The predicted octanol–water partition coefficient (Wildman–Crippen LogP) is 3.10. The molecule has 0 radical (unpaired) electrons. The zero-order valence-corrected chi connectivity index (χ0v) is 9.43. The Labute approximate surface area is 90.7 Å². The van der Waals surface area contributed by atoms with Crippen LogP contribution in [0.1, 0.15) is 31.1 Å². The summed E-state index contributed by atoms with van der Waals surface area (Å²) in [6.45, 7) is 5.86. The van der Waals surface area contributed by atoms with Crippen LogP contribution in [0.4, 0.5) is 0 Å². The fourth-order valence-corrected chi connectivity index (χ4v) is 1.00. The lowest BCUT2D eigenvalue weighted by Crippen LogP contribution is -2.23. The van der Waals surface area contributed by atoms with Gasteiger partial charge in [-0.25, -0.2) is 0 Å². The number of aldehydes is 1. The molecule has 0 unspecified atom stereocenters. The minimum absolute atomic E-state index is 0. The molecular weight excluding hydrogens is 200 g/mol. The third kappa shape index (κ3) is 3.79. The molecular formula is C11H15ClO2. The van der Waals surface area contributed by atoms with Gasteiger partial charge >= 0.3 is 0 Å². The second kappa shape index (κ2) is 5.01. The third-order valence-electron chi connectivity index (χ3n) is 1.46. The smallest absolute Gasteiger partial charge is 0.153 e. The van der Waals surface area contributed by atoms with Gasteiger partial charge in [0, 0.05) is 0 Å². The Morgan fingerprint density at radius 3 is 2.29 bits per heavy atom. The Morgan fingerprint density at radius 2 is 1.79 bits per heavy atom. The monoisotopic (exact) mass is 214 g/mol. The zero-order chi connectivity index (χ0) is 9.90. The summed E-state index contributed by atoms with van der Waals surface area (Å²) in [5.74, 6) is 0.644. The SMILES string of the molecule is CC(C)(C)Oc1ccccc1C=O.Cl. The molecule has 1 aromatic carbocycles. The molecule has 0 heterocycles. The van der Waals surface area contributed by atoms with Crippen molar-refractivity contribution in [3.63, 3.8) is 0 Å². The van der Waals surface area contributed by atoms with Crippen LogP contribution in [-0.2, 0) is 0 Å². The minimum Gasteiger partial charge on any atom is -0.487 e. The van der Waals surface area contributed by atoms with Crippen molar-refractivity contribution >= 4 is 18.7 Å². The molecule has 0 aliphatic rings. The number of halogens is 1. The highest BCUT2D eigenvalue weighted by Gasteiger charge is 2.13. The molecule has 0 saturated carbocycles. The molecule has 0 spiro atoms. The maximum Gasteiger partial charge on any atom is 0.153 e. The molecule has 78 valence electrons. The molecule has 3 heteroatoms. The average molecular weight is 215 g/mol. The van der Waals surface area contributed by atoms with E-state index in [1.807, 2.05) is 32.9 Å². The van der Waals surface area contributed by atoms with Crippen LogP contribution in [0, 0.1) is 0 Å². The van der Waals surface area contributed by atoms with E-state index in [1.165, 1.54) is 0 Å². The first-order valence-electron chi connectivity index (χ1n) is 4.26. The molecule has 0 amide bonds. The van der Waals surface area contributed by atoms with Crippen molar-refractivity contribution < 1.29 is 9.53 Å². The van der Waals surface area contributed by atoms with Crippen molar-refractivity contribution in [3.05, 3.63) is 29.8 Å². The van der Waals surface area contributed by atoms with Crippen molar-refractivity contribution in [3.8, 4) is 5.75 Å². The molecule has 0 fully saturated rings. The van der Waals surface area contributed by atoms with E-state index < -0.39 is 0 Å². The largest absolute Gasteiger partial charge is 0.487 e. The Bertz CT molecular complexity index is 302. The van der Waals surface area contributed by atoms with Gasteiger partial charge in [0.2, 0.25) is 0 Å². The highest BCUT2D eigenvalue weighted by atomic mass is 35.5. The van der Waals surface area contributed by atoms with E-state index in [4.69, 9.17) is 4.74 Å². The van der Waals surface area contributed by atoms with Gasteiger partial charge in [-0.3, -0.25) is 4.79 Å². The highest BCUT2D eigenvalue weighted by molar-refractivity contribution is 5.85. The second-order valence-electron chi connectivity index (χ2n) is 3.87. The lowest BCUT2D eigenvalue weighted by Gasteiger charge is -2.22. The molecule has 0 aliphatic heterocycles. The predicted molar refractivity (Wildman–Crippen MR) is 59.5 cm³/mol. The average Bonchev–Trinajstić information content (AvgIpc) is 2.02. The van der Waals surface area contributed by atoms with Gasteiger partial charge in [-0.1, -0.05) is 12.1 Å². The van der Waals surface area contributed by atoms with E-state index in [9.17, 15) is 4.79 Å². The maximum absolute atomic E-state index is 10.6. The molecule has 1 rings (SSSR count). The van der Waals surface area contributed by atoms with E-state index in [0.29, 0.717) is 11.3 Å². The fraction of sp³-hybridized carbons (Fsp3) is 0.364. The lowest BCUT2D eigenvalue weighted by atomic mass is 10.1. The molecule has 1 aromatic rings. The number of benzene rings is 1. The van der Waals surface area contributed by atoms with E-state index in [0.717, 1.165) is 6.29 Å². The van der Waals surface area contributed by atoms with Crippen molar-refractivity contribution in [1.29, 1.82) is 0 Å². The van der Waals surface area contributed by atoms with Gasteiger partial charge in [-0.05, 0) is 32.9 Å². The van der Waals surface area contributed by atoms with E-state index in [-0.39, 0.29) is 18.0 Å². The van der Waals surface area contributed by atoms with Crippen LogP contribution in [0.25, 0.3) is 0 Å². The highest BCUT2D eigenvalue weighted by Crippen LogP contribution is 2.21. The number of rotatable bonds is 2. The summed E-state index contributed by atoms with van der Waals surface area (Å²) in [5, 5.41) is 0. The first kappa shape index (κ1) is 13.0. The van der Waals surface area contributed by atoms with Crippen LogP contribution < -0.4 is 4.74 Å². The Hall–Kier alpha value is -1.02. The Kier molecular flexibility index (Phi) is 4.64. The Morgan fingerprint density at radius 1 is 1.21 bits per heavy atom. The van der Waals surface area contributed by atoms with Gasteiger partial charge in [0.05, 0.1) is 5.56 Å². The first-order valence-corrected chi connectivity index (χ1v) is 4.26. The van der Waals surface area contributed by atoms with Crippen molar-refractivity contribution in [2.45, 2.75) is 26.4 Å². The number of hydrogen-bond acceptors (Lipinski definition) is 2. The fourth-order valence-electron chi connectivity index (χ4n) is 1.00. The van der Waals surface area contributed by atoms with Crippen LogP contribution in [0.5, 0.6) is 5.75 Å². The quantitative estimate of drug-likeness (QED) is 0.708. The number of carbonyl (C=O) groups is 1. The third-order valence-corrected chi connectivity index (χ3v) is 1.46. The molecule has 0 saturated heterocycles. The standard InChI is InChI=1S/C11H14O2.ClH/c1-11(2,3)13-10-7-5-4-6-9(10)8-12;/h4-8H,1-3H3;1H. The molecule has 0 aliphatic carbocycles. The summed E-state index contributed by atoms with van der Waals surface area (Å²) >= 11 is 0. The summed E-state index contributed by atoms with van der Waals surface area (Å²) in [5.41, 5.74) is 0.330. The van der Waals surface area contributed by atoms with Crippen LogP contribution >= 0.6 is 12.4 Å². The summed E-state index contributed by atoms with van der Waals surface area (Å²) < 4.78 is 5.59. The molecule has 0 atom stereocenters. The molecule has 0 N–H and O–H groups in total. The van der Waals surface area contributed by atoms with Gasteiger partial charge in [0.15, 0.2) is 6.29 Å². The van der Waals surface area contributed by atoms with Crippen LogP contribution in [-0.4, -0.2) is 11.9 Å². The van der Waals surface area contributed by atoms with Gasteiger partial charge in [-0.15, -0.1) is 12.4 Å². The minimum atomic E-state index is -0.265. The van der Waals surface area contributed by atoms with E-state index in [2.05, 4.69) is 0 Å². The van der Waals surface area contributed by atoms with Crippen molar-refractivity contribution in [1.82, 2.24) is 0 Å². The van der Waals surface area contributed by atoms with Gasteiger partial charge < -0.3 is 4.74 Å². The Balaban J connectivity index is 0.00000169. The van der Waals surface area contributed by atoms with Gasteiger partial charge in [0.25, 0.3) is 0 Å². The van der Waals surface area contributed by atoms with Crippen LogP contribution in [0.3, 0.4) is 0 Å². The molecule has 2 nitrogen and oxygen atoms in total. The van der Waals surface area contributed by atoms with E-state index in [1.54, 1.807) is 12.1 Å². The van der Waals surface area contributed by atoms with Gasteiger partial charge in [-0.2, -0.15) is 0 Å². The van der Waals surface area contributed by atoms with E-state index >= 15 is 0 Å². The molecule has 0 bridgehead atoms. The second-order valence-corrected chi connectivity index (χ2v) is 3.87. The topological polar surface area (TPSA) is 26.3 Å². The summed E-state index contributed by atoms with van der Waals surface area (Å²) in [6, 6.07) is 7.22. The maximum atomic E-state index is 10.6. The zero-order valence-electron chi connectivity index (χ0n) is 8.61. The first-order chi connectivity index (χ1) is 6.03. The molecule has 14 heavy (non-hydrogen) atoms. The lowest BCUT2D eigenvalue weighted by molar-refractivity contribution is 0.109. The number of carbonyl (C=O) groups excluding carboxylic acids is 1. The summed E-state index contributed by atoms with van der Waals surface area (Å²) in [6.07, 6.45) is 0.807. The number of ether oxygens (including phenoxy) is 1. The summed E-state index contributed by atoms with van der Waals surface area (Å²) in [7, 11) is 0.